The maximum atomic E-state index is 12.9. The van der Waals surface area contributed by atoms with Gasteiger partial charge in [-0.05, 0) is 70.2 Å². The molecule has 2 fully saturated rings. The van der Waals surface area contributed by atoms with Gasteiger partial charge in [-0.25, -0.2) is 4.98 Å². The molecule has 0 spiro atoms. The Kier molecular flexibility index (Phi) is 5.95. The Morgan fingerprint density at radius 2 is 1.86 bits per heavy atom. The van der Waals surface area contributed by atoms with E-state index >= 15 is 0 Å². The van der Waals surface area contributed by atoms with Crippen molar-refractivity contribution in [1.82, 2.24) is 14.8 Å². The number of hydrogen-bond donors (Lipinski definition) is 1. The zero-order valence-electron chi connectivity index (χ0n) is 17.0. The lowest BCUT2D eigenvalue weighted by Gasteiger charge is -2.37. The summed E-state index contributed by atoms with van der Waals surface area (Å²) in [5.74, 6) is 2.18. The van der Waals surface area contributed by atoms with Gasteiger partial charge in [0, 0.05) is 37.2 Å². The first-order chi connectivity index (χ1) is 13.6. The van der Waals surface area contributed by atoms with Crippen LogP contribution in [-0.4, -0.2) is 65.7 Å². The van der Waals surface area contributed by atoms with Crippen LogP contribution in [0.25, 0.3) is 0 Å². The molecule has 0 radical (unpaired) electrons. The number of fused-ring (bicyclic) bond motifs is 1. The van der Waals surface area contributed by atoms with E-state index in [2.05, 4.69) is 27.2 Å². The highest BCUT2D eigenvalue weighted by molar-refractivity contribution is 5.79. The zero-order valence-corrected chi connectivity index (χ0v) is 17.0. The maximum absolute atomic E-state index is 12.9. The van der Waals surface area contributed by atoms with Crippen molar-refractivity contribution in [2.75, 3.05) is 44.6 Å². The third-order valence-electron chi connectivity index (χ3n) is 6.52. The largest absolute Gasteiger partial charge is 0.370 e. The van der Waals surface area contributed by atoms with Crippen molar-refractivity contribution in [2.24, 2.45) is 5.92 Å². The summed E-state index contributed by atoms with van der Waals surface area (Å²) in [5, 5.41) is 3.43. The molecule has 6 heteroatoms. The molecule has 1 amide bonds. The molecular weight excluding hydrogens is 352 g/mol. The molecule has 3 aliphatic heterocycles. The summed E-state index contributed by atoms with van der Waals surface area (Å²) in [7, 11) is 0. The molecule has 0 aliphatic carbocycles. The summed E-state index contributed by atoms with van der Waals surface area (Å²) < 4.78 is 0. The van der Waals surface area contributed by atoms with Crippen molar-refractivity contribution in [3.63, 3.8) is 0 Å². The third kappa shape index (κ3) is 4.37. The SMILES string of the molecule is CC(=O)CN1CCC(C(=O)N2CCC(c3ccc4c(n3)NCCC4)CC2)CC1. The predicted octanol–water partition coefficient (Wildman–Crippen LogP) is 2.45. The molecule has 0 unspecified atom stereocenters. The van der Waals surface area contributed by atoms with E-state index in [9.17, 15) is 9.59 Å². The van der Waals surface area contributed by atoms with Crippen molar-refractivity contribution >= 4 is 17.5 Å². The number of nitrogens with zero attached hydrogens (tertiary/aromatic N) is 3. The van der Waals surface area contributed by atoms with Crippen LogP contribution in [0.4, 0.5) is 5.82 Å². The fraction of sp³-hybridized carbons (Fsp3) is 0.682. The molecule has 4 rings (SSSR count). The standard InChI is InChI=1S/C22H32N4O2/c1-16(27)15-25-11-6-19(7-12-25)22(28)26-13-8-17(9-14-26)20-5-4-18-3-2-10-23-21(18)24-20/h4-5,17,19H,2-3,6-15H2,1H3,(H,23,24). The summed E-state index contributed by atoms with van der Waals surface area (Å²) in [5.41, 5.74) is 2.51. The number of carbonyl (C=O) groups excluding carboxylic acids is 2. The van der Waals surface area contributed by atoms with Gasteiger partial charge < -0.3 is 10.2 Å². The molecule has 0 saturated carbocycles. The summed E-state index contributed by atoms with van der Waals surface area (Å²) in [6.45, 7) is 6.56. The lowest BCUT2D eigenvalue weighted by molar-refractivity contribution is -0.138. The number of aryl methyl sites for hydroxylation is 1. The fourth-order valence-corrected chi connectivity index (χ4v) is 4.88. The molecule has 0 aromatic carbocycles. The van der Waals surface area contributed by atoms with Crippen LogP contribution in [0, 0.1) is 5.92 Å². The minimum atomic E-state index is 0.130. The van der Waals surface area contributed by atoms with Gasteiger partial charge in [0.05, 0.1) is 6.54 Å². The van der Waals surface area contributed by atoms with Crippen LogP contribution in [-0.2, 0) is 16.0 Å². The average Bonchev–Trinajstić information content (AvgIpc) is 2.73. The number of pyridine rings is 1. The zero-order chi connectivity index (χ0) is 19.5. The number of nitrogens with one attached hydrogen (secondary N) is 1. The second-order valence-corrected chi connectivity index (χ2v) is 8.63. The molecule has 4 heterocycles. The van der Waals surface area contributed by atoms with Gasteiger partial charge in [-0.15, -0.1) is 0 Å². The van der Waals surface area contributed by atoms with Gasteiger partial charge in [-0.3, -0.25) is 14.5 Å². The first kappa shape index (κ1) is 19.4. The highest BCUT2D eigenvalue weighted by Gasteiger charge is 2.31. The van der Waals surface area contributed by atoms with E-state index in [-0.39, 0.29) is 11.7 Å². The Labute approximate surface area is 167 Å². The number of amides is 1. The topological polar surface area (TPSA) is 65.5 Å². The van der Waals surface area contributed by atoms with Gasteiger partial charge in [0.1, 0.15) is 11.6 Å². The Bertz CT molecular complexity index is 719. The molecule has 3 aliphatic rings. The molecule has 6 nitrogen and oxygen atoms in total. The van der Waals surface area contributed by atoms with Crippen molar-refractivity contribution in [2.45, 2.75) is 51.4 Å². The van der Waals surface area contributed by atoms with Gasteiger partial charge in [0.25, 0.3) is 0 Å². The third-order valence-corrected chi connectivity index (χ3v) is 6.52. The van der Waals surface area contributed by atoms with Gasteiger partial charge >= 0.3 is 0 Å². The Morgan fingerprint density at radius 1 is 1.11 bits per heavy atom. The first-order valence-corrected chi connectivity index (χ1v) is 10.8. The summed E-state index contributed by atoms with van der Waals surface area (Å²) in [4.78, 5) is 33.3. The first-order valence-electron chi connectivity index (χ1n) is 10.8. The minimum absolute atomic E-state index is 0.130. The number of hydrogen-bond acceptors (Lipinski definition) is 5. The molecule has 2 saturated heterocycles. The van der Waals surface area contributed by atoms with E-state index in [0.29, 0.717) is 18.4 Å². The molecule has 28 heavy (non-hydrogen) atoms. The van der Waals surface area contributed by atoms with Crippen LogP contribution >= 0.6 is 0 Å². The quantitative estimate of drug-likeness (QED) is 0.864. The Balaban J connectivity index is 1.28. The number of carbonyl (C=O) groups is 2. The number of anilines is 1. The predicted molar refractivity (Wildman–Crippen MR) is 109 cm³/mol. The lowest BCUT2D eigenvalue weighted by atomic mass is 9.90. The smallest absolute Gasteiger partial charge is 0.225 e. The molecule has 1 N–H and O–H groups in total. The van der Waals surface area contributed by atoms with Crippen LogP contribution in [0.3, 0.4) is 0 Å². The number of ketones is 1. The van der Waals surface area contributed by atoms with Gasteiger partial charge in [-0.1, -0.05) is 6.07 Å². The van der Waals surface area contributed by atoms with E-state index in [1.807, 2.05) is 0 Å². The van der Waals surface area contributed by atoms with Crippen LogP contribution < -0.4 is 5.32 Å². The summed E-state index contributed by atoms with van der Waals surface area (Å²) in [6.07, 6.45) is 6.06. The van der Waals surface area contributed by atoms with Gasteiger partial charge in [-0.2, -0.15) is 0 Å². The number of Topliss-reactive ketones (excluding diaryl/α,β-unsaturated/α-hetero) is 1. The van der Waals surface area contributed by atoms with E-state index in [0.717, 1.165) is 70.6 Å². The molecule has 152 valence electrons. The molecule has 1 aromatic rings. The van der Waals surface area contributed by atoms with E-state index < -0.39 is 0 Å². The Hall–Kier alpha value is -1.95. The summed E-state index contributed by atoms with van der Waals surface area (Å²) in [6, 6.07) is 4.43. The van der Waals surface area contributed by atoms with Crippen LogP contribution in [0.1, 0.15) is 56.2 Å². The maximum Gasteiger partial charge on any atom is 0.225 e. The summed E-state index contributed by atoms with van der Waals surface area (Å²) >= 11 is 0. The lowest BCUT2D eigenvalue weighted by Crippen LogP contribution is -2.45. The highest BCUT2D eigenvalue weighted by Crippen LogP contribution is 2.31. The number of aromatic nitrogens is 1. The molecule has 0 bridgehead atoms. The molecule has 1 aromatic heterocycles. The number of piperidine rings is 2. The van der Waals surface area contributed by atoms with Crippen molar-refractivity contribution in [3.8, 4) is 0 Å². The van der Waals surface area contributed by atoms with E-state index in [1.165, 1.54) is 17.7 Å². The van der Waals surface area contributed by atoms with Gasteiger partial charge in [0.15, 0.2) is 0 Å². The average molecular weight is 385 g/mol. The van der Waals surface area contributed by atoms with Crippen LogP contribution in [0.5, 0.6) is 0 Å². The second-order valence-electron chi connectivity index (χ2n) is 8.63. The fourth-order valence-electron chi connectivity index (χ4n) is 4.88. The van der Waals surface area contributed by atoms with Crippen LogP contribution in [0.15, 0.2) is 12.1 Å². The van der Waals surface area contributed by atoms with Crippen molar-refractivity contribution in [3.05, 3.63) is 23.4 Å². The monoisotopic (exact) mass is 384 g/mol. The van der Waals surface area contributed by atoms with Gasteiger partial charge in [0.2, 0.25) is 5.91 Å². The normalized spacial score (nSPS) is 21.8. The van der Waals surface area contributed by atoms with E-state index in [4.69, 9.17) is 4.98 Å². The van der Waals surface area contributed by atoms with Crippen molar-refractivity contribution < 1.29 is 9.59 Å². The van der Waals surface area contributed by atoms with Crippen molar-refractivity contribution in [1.29, 1.82) is 0 Å². The second kappa shape index (κ2) is 8.60. The number of rotatable bonds is 4. The van der Waals surface area contributed by atoms with Crippen LogP contribution in [0.2, 0.25) is 0 Å². The molecule has 0 atom stereocenters. The van der Waals surface area contributed by atoms with E-state index in [1.54, 1.807) is 6.92 Å². The highest BCUT2D eigenvalue weighted by atomic mass is 16.2. The minimum Gasteiger partial charge on any atom is -0.370 e. The number of likely N-dealkylation sites (tertiary alicyclic amines) is 2. The Morgan fingerprint density at radius 3 is 2.57 bits per heavy atom. The molecular formula is C22H32N4O2.